The number of nitrogens with zero attached hydrogens (tertiary/aromatic N) is 3. The summed E-state index contributed by atoms with van der Waals surface area (Å²) in [4.78, 5) is 2.56. The molecule has 0 spiro atoms. The number of hydrogen-bond acceptors (Lipinski definition) is 4. The maximum Gasteiger partial charge on any atom is 0.118 e. The molecule has 2 bridgehead atoms. The van der Waals surface area contributed by atoms with Gasteiger partial charge >= 0.3 is 0 Å². The van der Waals surface area contributed by atoms with E-state index < -0.39 is 0 Å². The summed E-state index contributed by atoms with van der Waals surface area (Å²) >= 11 is 0. The topological polar surface area (TPSA) is 38.2 Å². The lowest BCUT2D eigenvalue weighted by Crippen LogP contribution is -2.37. The Bertz CT molecular complexity index is 649. The van der Waals surface area contributed by atoms with Crippen molar-refractivity contribution in [3.05, 3.63) is 42.1 Å². The third-order valence-electron chi connectivity index (χ3n) is 5.16. The number of rotatable bonds is 3. The van der Waals surface area contributed by atoms with Gasteiger partial charge in [0.05, 0.1) is 18.5 Å². The third kappa shape index (κ3) is 2.28. The predicted octanol–water partition coefficient (Wildman–Crippen LogP) is 2.89. The SMILES string of the molecule is COc1ccc(-c2ccc(C34CCCN(CC3)C4)nn2)cc1. The summed E-state index contributed by atoms with van der Waals surface area (Å²) in [7, 11) is 1.68. The monoisotopic (exact) mass is 295 g/mol. The molecular formula is C18H21N3O. The van der Waals surface area contributed by atoms with Crippen LogP contribution in [-0.2, 0) is 5.41 Å². The van der Waals surface area contributed by atoms with Crippen LogP contribution in [0.1, 0.15) is 25.0 Å². The molecule has 0 aliphatic carbocycles. The fourth-order valence-electron chi connectivity index (χ4n) is 3.86. The summed E-state index contributed by atoms with van der Waals surface area (Å²) in [5, 5.41) is 9.06. The van der Waals surface area contributed by atoms with Crippen LogP contribution in [0.4, 0.5) is 0 Å². The second-order valence-electron chi connectivity index (χ2n) is 6.44. The van der Waals surface area contributed by atoms with Crippen molar-refractivity contribution in [3.63, 3.8) is 0 Å². The molecule has 0 N–H and O–H groups in total. The van der Waals surface area contributed by atoms with Gasteiger partial charge in [-0.15, -0.1) is 0 Å². The zero-order chi connectivity index (χ0) is 15.0. The Hall–Kier alpha value is -1.94. The zero-order valence-electron chi connectivity index (χ0n) is 13.0. The van der Waals surface area contributed by atoms with Gasteiger partial charge in [-0.1, -0.05) is 0 Å². The minimum Gasteiger partial charge on any atom is -0.497 e. The number of hydrogen-bond donors (Lipinski definition) is 0. The van der Waals surface area contributed by atoms with Crippen LogP contribution >= 0.6 is 0 Å². The van der Waals surface area contributed by atoms with Gasteiger partial charge in [0.1, 0.15) is 5.75 Å². The van der Waals surface area contributed by atoms with E-state index in [-0.39, 0.29) is 5.41 Å². The van der Waals surface area contributed by atoms with Crippen molar-refractivity contribution in [1.82, 2.24) is 15.1 Å². The molecule has 0 saturated carbocycles. The molecule has 4 nitrogen and oxygen atoms in total. The van der Waals surface area contributed by atoms with Gasteiger partial charge in [0.25, 0.3) is 0 Å². The Morgan fingerprint density at radius 3 is 2.59 bits per heavy atom. The Morgan fingerprint density at radius 2 is 1.86 bits per heavy atom. The highest BCUT2D eigenvalue weighted by Gasteiger charge is 2.43. The van der Waals surface area contributed by atoms with Crippen LogP contribution in [0.2, 0.25) is 0 Å². The van der Waals surface area contributed by atoms with E-state index in [0.717, 1.165) is 23.6 Å². The first-order valence-electron chi connectivity index (χ1n) is 8.00. The Balaban J connectivity index is 1.60. The van der Waals surface area contributed by atoms with E-state index in [9.17, 15) is 0 Å². The molecule has 2 aliphatic heterocycles. The quantitative estimate of drug-likeness (QED) is 0.872. The standard InChI is InChI=1S/C18H21N3O/c1-22-15-5-3-14(4-6-15)16-7-8-17(20-19-16)18-9-2-11-21(13-18)12-10-18/h3-8H,2,9-13H2,1H3. The number of piperidine rings is 1. The lowest BCUT2D eigenvalue weighted by atomic mass is 9.78. The van der Waals surface area contributed by atoms with Gasteiger partial charge in [0.15, 0.2) is 0 Å². The molecule has 0 amide bonds. The minimum absolute atomic E-state index is 0.254. The smallest absolute Gasteiger partial charge is 0.118 e. The molecular weight excluding hydrogens is 274 g/mol. The molecule has 2 aliphatic rings. The molecule has 0 radical (unpaired) electrons. The number of aromatic nitrogens is 2. The van der Waals surface area contributed by atoms with Gasteiger partial charge in [0.2, 0.25) is 0 Å². The molecule has 2 atom stereocenters. The van der Waals surface area contributed by atoms with Crippen molar-refractivity contribution in [3.8, 4) is 17.0 Å². The van der Waals surface area contributed by atoms with E-state index >= 15 is 0 Å². The molecule has 2 fully saturated rings. The Morgan fingerprint density at radius 1 is 1.00 bits per heavy atom. The van der Waals surface area contributed by atoms with Crippen molar-refractivity contribution in [2.75, 3.05) is 26.7 Å². The summed E-state index contributed by atoms with van der Waals surface area (Å²) in [6.45, 7) is 3.62. The summed E-state index contributed by atoms with van der Waals surface area (Å²) in [5.74, 6) is 0.862. The number of benzene rings is 1. The normalized spacial score (nSPS) is 26.9. The summed E-state index contributed by atoms with van der Waals surface area (Å²) in [6, 6.07) is 12.3. The van der Waals surface area contributed by atoms with Gasteiger partial charge in [0, 0.05) is 17.5 Å². The van der Waals surface area contributed by atoms with E-state index in [4.69, 9.17) is 4.74 Å². The Labute approximate surface area is 131 Å². The van der Waals surface area contributed by atoms with Crippen LogP contribution in [-0.4, -0.2) is 41.8 Å². The van der Waals surface area contributed by atoms with E-state index in [2.05, 4.69) is 27.2 Å². The first-order valence-corrected chi connectivity index (χ1v) is 8.00. The fraction of sp³-hybridized carbons (Fsp3) is 0.444. The number of fused-ring (bicyclic) bond motifs is 2. The summed E-state index contributed by atoms with van der Waals surface area (Å²) < 4.78 is 5.20. The molecule has 114 valence electrons. The lowest BCUT2D eigenvalue weighted by molar-refractivity contribution is 0.239. The maximum absolute atomic E-state index is 5.20. The zero-order valence-corrected chi connectivity index (χ0v) is 13.0. The highest BCUT2D eigenvalue weighted by molar-refractivity contribution is 5.59. The first-order chi connectivity index (χ1) is 10.8. The predicted molar refractivity (Wildman–Crippen MR) is 86.0 cm³/mol. The van der Waals surface area contributed by atoms with Crippen LogP contribution < -0.4 is 4.74 Å². The number of methoxy groups -OCH3 is 1. The lowest BCUT2D eigenvalue weighted by Gasteiger charge is -2.33. The van der Waals surface area contributed by atoms with Crippen molar-refractivity contribution in [2.24, 2.45) is 0 Å². The highest BCUT2D eigenvalue weighted by atomic mass is 16.5. The van der Waals surface area contributed by atoms with Crippen molar-refractivity contribution in [1.29, 1.82) is 0 Å². The fourth-order valence-corrected chi connectivity index (χ4v) is 3.86. The third-order valence-corrected chi connectivity index (χ3v) is 5.16. The van der Waals surface area contributed by atoms with Crippen molar-refractivity contribution in [2.45, 2.75) is 24.7 Å². The van der Waals surface area contributed by atoms with Crippen LogP contribution in [0, 0.1) is 0 Å². The highest BCUT2D eigenvalue weighted by Crippen LogP contribution is 2.41. The van der Waals surface area contributed by atoms with Gasteiger partial charge in [-0.2, -0.15) is 10.2 Å². The van der Waals surface area contributed by atoms with Gasteiger partial charge in [-0.3, -0.25) is 0 Å². The van der Waals surface area contributed by atoms with Gasteiger partial charge < -0.3 is 9.64 Å². The van der Waals surface area contributed by atoms with E-state index in [1.807, 2.05) is 24.3 Å². The molecule has 2 aromatic rings. The minimum atomic E-state index is 0.254. The largest absolute Gasteiger partial charge is 0.497 e. The molecule has 2 saturated heterocycles. The van der Waals surface area contributed by atoms with Crippen LogP contribution in [0.3, 0.4) is 0 Å². The van der Waals surface area contributed by atoms with Crippen LogP contribution in [0.5, 0.6) is 5.75 Å². The first kappa shape index (κ1) is 13.7. The molecule has 1 aromatic heterocycles. The average Bonchev–Trinajstić information content (AvgIpc) is 2.90. The second-order valence-corrected chi connectivity index (χ2v) is 6.44. The van der Waals surface area contributed by atoms with Gasteiger partial charge in [-0.25, -0.2) is 0 Å². The Kier molecular flexibility index (Phi) is 3.34. The van der Waals surface area contributed by atoms with Crippen molar-refractivity contribution >= 4 is 0 Å². The summed E-state index contributed by atoms with van der Waals surface area (Å²) in [5.41, 5.74) is 3.43. The molecule has 1 aromatic carbocycles. The second kappa shape index (κ2) is 5.36. The molecule has 4 heteroatoms. The summed E-state index contributed by atoms with van der Waals surface area (Å²) in [6.07, 6.45) is 3.76. The van der Waals surface area contributed by atoms with Crippen molar-refractivity contribution < 1.29 is 4.74 Å². The molecule has 4 rings (SSSR count). The van der Waals surface area contributed by atoms with E-state index in [1.54, 1.807) is 7.11 Å². The molecule has 3 heterocycles. The number of ether oxygens (including phenoxy) is 1. The molecule has 22 heavy (non-hydrogen) atoms. The molecule has 2 unspecified atom stereocenters. The van der Waals surface area contributed by atoms with E-state index in [0.29, 0.717) is 0 Å². The average molecular weight is 295 g/mol. The maximum atomic E-state index is 5.20. The van der Waals surface area contributed by atoms with Gasteiger partial charge in [-0.05, 0) is 68.8 Å². The van der Waals surface area contributed by atoms with Crippen LogP contribution in [0.25, 0.3) is 11.3 Å². The van der Waals surface area contributed by atoms with E-state index in [1.165, 1.54) is 38.0 Å². The van der Waals surface area contributed by atoms with Crippen LogP contribution in [0.15, 0.2) is 36.4 Å².